The average Bonchev–Trinajstić information content (AvgIpc) is 2.44. The summed E-state index contributed by atoms with van der Waals surface area (Å²) in [6.07, 6.45) is 0.370. The molecule has 0 aromatic rings. The van der Waals surface area contributed by atoms with Crippen molar-refractivity contribution in [2.24, 2.45) is 5.92 Å². The number of ether oxygens (including phenoxy) is 3. The summed E-state index contributed by atoms with van der Waals surface area (Å²) >= 11 is 0. The lowest BCUT2D eigenvalue weighted by atomic mass is 9.89. The van der Waals surface area contributed by atoms with Crippen molar-refractivity contribution in [3.8, 4) is 0 Å². The minimum Gasteiger partial charge on any atom is -0.385 e. The van der Waals surface area contributed by atoms with Gasteiger partial charge in [0, 0.05) is 11.9 Å². The van der Waals surface area contributed by atoms with Gasteiger partial charge < -0.3 is 14.2 Å². The van der Waals surface area contributed by atoms with Crippen LogP contribution in [0.25, 0.3) is 0 Å². The Labute approximate surface area is 93.9 Å². The topological polar surface area (TPSA) is 27.7 Å². The van der Waals surface area contributed by atoms with Crippen LogP contribution in [0.5, 0.6) is 0 Å². The molecular formula is C11H21BO3. The van der Waals surface area contributed by atoms with E-state index in [2.05, 4.69) is 0 Å². The summed E-state index contributed by atoms with van der Waals surface area (Å²) in [6.45, 7) is 9.34. The molecule has 15 heavy (non-hydrogen) atoms. The minimum atomic E-state index is -0.312. The first-order valence-corrected chi connectivity index (χ1v) is 5.65. The molecule has 2 radical (unpaired) electrons. The predicted octanol–water partition coefficient (Wildman–Crippen LogP) is 1.35. The van der Waals surface area contributed by atoms with Crippen molar-refractivity contribution in [2.75, 3.05) is 13.2 Å². The molecule has 0 N–H and O–H groups in total. The van der Waals surface area contributed by atoms with E-state index in [1.54, 1.807) is 0 Å². The zero-order valence-corrected chi connectivity index (χ0v) is 10.1. The van der Waals surface area contributed by atoms with E-state index in [0.717, 1.165) is 0 Å². The second-order valence-electron chi connectivity index (χ2n) is 4.59. The Kier molecular flexibility index (Phi) is 5.10. The lowest BCUT2D eigenvalue weighted by molar-refractivity contribution is -0.0462. The van der Waals surface area contributed by atoms with Crippen LogP contribution >= 0.6 is 0 Å². The van der Waals surface area contributed by atoms with Gasteiger partial charge in [0.05, 0.1) is 31.5 Å². The van der Waals surface area contributed by atoms with Crippen molar-refractivity contribution in [1.82, 2.24) is 0 Å². The smallest absolute Gasteiger partial charge is 0.112 e. The molecule has 1 aliphatic heterocycles. The van der Waals surface area contributed by atoms with E-state index in [4.69, 9.17) is 22.1 Å². The summed E-state index contributed by atoms with van der Waals surface area (Å²) in [4.78, 5) is 0. The second-order valence-corrected chi connectivity index (χ2v) is 4.59. The van der Waals surface area contributed by atoms with E-state index in [9.17, 15) is 0 Å². The first kappa shape index (κ1) is 13.0. The van der Waals surface area contributed by atoms with Gasteiger partial charge in [-0.15, -0.1) is 0 Å². The van der Waals surface area contributed by atoms with Gasteiger partial charge >= 0.3 is 0 Å². The van der Waals surface area contributed by atoms with E-state index in [0.29, 0.717) is 13.2 Å². The van der Waals surface area contributed by atoms with Gasteiger partial charge in [-0.2, -0.15) is 0 Å². The van der Waals surface area contributed by atoms with Crippen LogP contribution in [0.2, 0.25) is 0 Å². The fourth-order valence-electron chi connectivity index (χ4n) is 1.65. The zero-order chi connectivity index (χ0) is 11.4. The molecule has 1 aliphatic rings. The summed E-state index contributed by atoms with van der Waals surface area (Å²) in [5, 5.41) is 0. The number of hydrogen-bond donors (Lipinski definition) is 0. The fourth-order valence-corrected chi connectivity index (χ4v) is 1.65. The molecule has 4 heteroatoms. The van der Waals surface area contributed by atoms with Gasteiger partial charge in [-0.3, -0.25) is 0 Å². The maximum atomic E-state index is 5.82. The SMILES string of the molecule is [B][C@@H]1OC[C@@H](COC(C)C)C1OC(C)C. The van der Waals surface area contributed by atoms with Gasteiger partial charge in [0.2, 0.25) is 0 Å². The highest BCUT2D eigenvalue weighted by Crippen LogP contribution is 2.23. The first-order valence-electron chi connectivity index (χ1n) is 5.65. The van der Waals surface area contributed by atoms with Crippen LogP contribution in [0.15, 0.2) is 0 Å². The largest absolute Gasteiger partial charge is 0.385 e. The molecule has 0 bridgehead atoms. The van der Waals surface area contributed by atoms with Gasteiger partial charge in [0.25, 0.3) is 0 Å². The van der Waals surface area contributed by atoms with Crippen molar-refractivity contribution in [3.05, 3.63) is 0 Å². The van der Waals surface area contributed by atoms with Gasteiger partial charge in [-0.05, 0) is 27.7 Å². The number of hydrogen-bond acceptors (Lipinski definition) is 3. The predicted molar refractivity (Wildman–Crippen MR) is 60.1 cm³/mol. The zero-order valence-electron chi connectivity index (χ0n) is 10.1. The third-order valence-electron chi connectivity index (χ3n) is 2.36. The Hall–Kier alpha value is -0.0551. The quantitative estimate of drug-likeness (QED) is 0.643. The summed E-state index contributed by atoms with van der Waals surface area (Å²) < 4.78 is 16.7. The molecule has 1 unspecified atom stereocenters. The molecule has 3 atom stereocenters. The maximum Gasteiger partial charge on any atom is 0.112 e. The molecule has 0 spiro atoms. The van der Waals surface area contributed by atoms with Crippen LogP contribution in [-0.2, 0) is 14.2 Å². The highest BCUT2D eigenvalue weighted by molar-refractivity contribution is 6.11. The normalized spacial score (nSPS) is 31.7. The van der Waals surface area contributed by atoms with Gasteiger partial charge in [0.15, 0.2) is 0 Å². The lowest BCUT2D eigenvalue weighted by Crippen LogP contribution is -2.35. The molecule has 3 nitrogen and oxygen atoms in total. The van der Waals surface area contributed by atoms with Crippen molar-refractivity contribution in [3.63, 3.8) is 0 Å². The Balaban J connectivity index is 2.41. The first-order chi connectivity index (χ1) is 7.00. The van der Waals surface area contributed by atoms with Crippen LogP contribution < -0.4 is 0 Å². The highest BCUT2D eigenvalue weighted by Gasteiger charge is 2.35. The lowest BCUT2D eigenvalue weighted by Gasteiger charge is -2.24. The van der Waals surface area contributed by atoms with E-state index in [-0.39, 0.29) is 30.2 Å². The second kappa shape index (κ2) is 5.87. The molecule has 1 rings (SSSR count). The Morgan fingerprint density at radius 3 is 2.47 bits per heavy atom. The Morgan fingerprint density at radius 2 is 1.93 bits per heavy atom. The van der Waals surface area contributed by atoms with Crippen LogP contribution in [0, 0.1) is 5.92 Å². The van der Waals surface area contributed by atoms with Crippen LogP contribution in [0.4, 0.5) is 0 Å². The molecule has 1 heterocycles. The van der Waals surface area contributed by atoms with Gasteiger partial charge in [0.1, 0.15) is 7.85 Å². The highest BCUT2D eigenvalue weighted by atomic mass is 16.6. The van der Waals surface area contributed by atoms with Crippen molar-refractivity contribution < 1.29 is 14.2 Å². The fraction of sp³-hybridized carbons (Fsp3) is 1.00. The summed E-state index contributed by atoms with van der Waals surface area (Å²) in [5.41, 5.74) is 0. The van der Waals surface area contributed by atoms with Crippen molar-refractivity contribution >= 4 is 7.85 Å². The summed E-state index contributed by atoms with van der Waals surface area (Å²) in [6, 6.07) is -0.312. The molecule has 86 valence electrons. The Bertz CT molecular complexity index is 185. The van der Waals surface area contributed by atoms with Gasteiger partial charge in [-0.25, -0.2) is 0 Å². The average molecular weight is 212 g/mol. The van der Waals surface area contributed by atoms with E-state index < -0.39 is 0 Å². The number of rotatable bonds is 5. The maximum absolute atomic E-state index is 5.82. The van der Waals surface area contributed by atoms with E-state index in [1.807, 2.05) is 27.7 Å². The van der Waals surface area contributed by atoms with Gasteiger partial charge in [-0.1, -0.05) is 0 Å². The molecule has 0 saturated carbocycles. The molecule has 0 amide bonds. The molecular weight excluding hydrogens is 191 g/mol. The standard InChI is InChI=1S/C11H21BO3/c1-7(2)13-5-9-6-14-11(12)10(9)15-8(3)4/h7-11H,5-6H2,1-4H3/t9-,10?,11-/m1/s1. The molecule has 0 aromatic heterocycles. The molecule has 0 aromatic carbocycles. The van der Waals surface area contributed by atoms with Crippen LogP contribution in [-0.4, -0.2) is 45.4 Å². The van der Waals surface area contributed by atoms with Crippen LogP contribution in [0.3, 0.4) is 0 Å². The molecule has 1 saturated heterocycles. The van der Waals surface area contributed by atoms with E-state index >= 15 is 0 Å². The van der Waals surface area contributed by atoms with Crippen molar-refractivity contribution in [1.29, 1.82) is 0 Å². The van der Waals surface area contributed by atoms with Crippen molar-refractivity contribution in [2.45, 2.75) is 52.0 Å². The third-order valence-corrected chi connectivity index (χ3v) is 2.36. The minimum absolute atomic E-state index is 0.0382. The Morgan fingerprint density at radius 1 is 1.27 bits per heavy atom. The molecule has 0 aliphatic carbocycles. The van der Waals surface area contributed by atoms with E-state index in [1.165, 1.54) is 0 Å². The summed E-state index contributed by atoms with van der Waals surface area (Å²) in [5.74, 6) is 0.254. The third kappa shape index (κ3) is 4.13. The summed E-state index contributed by atoms with van der Waals surface area (Å²) in [7, 11) is 5.82. The molecule has 1 fully saturated rings. The van der Waals surface area contributed by atoms with Crippen LogP contribution in [0.1, 0.15) is 27.7 Å². The monoisotopic (exact) mass is 212 g/mol.